The summed E-state index contributed by atoms with van der Waals surface area (Å²) in [5.41, 5.74) is 0.678. The van der Waals surface area contributed by atoms with Crippen molar-refractivity contribution in [3.05, 3.63) is 16.3 Å². The minimum Gasteiger partial charge on any atom is -1.00 e. The van der Waals surface area contributed by atoms with Gasteiger partial charge in [-0.1, -0.05) is 0 Å². The van der Waals surface area contributed by atoms with Crippen LogP contribution in [0.1, 0.15) is 11.1 Å². The predicted octanol–water partition coefficient (Wildman–Crippen LogP) is -1.40. The average molecular weight is 197 g/mol. The molecule has 0 unspecified atom stereocenters. The van der Waals surface area contributed by atoms with E-state index in [9.17, 15) is 4.79 Å². The van der Waals surface area contributed by atoms with E-state index in [2.05, 4.69) is 5.32 Å². The summed E-state index contributed by atoms with van der Waals surface area (Å²) in [7, 11) is 1.70. The molecule has 0 saturated carbocycles. The van der Waals surface area contributed by atoms with E-state index in [1.165, 1.54) is 11.3 Å². The van der Waals surface area contributed by atoms with Gasteiger partial charge in [-0.3, -0.25) is 0 Å². The molecule has 0 fully saturated rings. The summed E-state index contributed by atoms with van der Waals surface area (Å²) in [5, 5.41) is 13.1. The van der Waals surface area contributed by atoms with Crippen molar-refractivity contribution in [3.63, 3.8) is 0 Å². The predicted molar refractivity (Wildman–Crippen MR) is 41.9 cm³/mol. The molecule has 0 amide bonds. The van der Waals surface area contributed by atoms with Gasteiger partial charge in [-0.25, -0.2) is 4.79 Å². The number of nitrogens with one attached hydrogen (secondary N) is 1. The maximum atomic E-state index is 10.4. The molecule has 0 aromatic carbocycles. The summed E-state index contributed by atoms with van der Waals surface area (Å²) >= 11 is 1.22. The Morgan fingerprint density at radius 1 is 1.82 bits per heavy atom. The van der Waals surface area contributed by atoms with E-state index >= 15 is 0 Å². The third kappa shape index (κ3) is 2.85. The number of carboxylic acid groups (broad SMARTS) is 1. The largest absolute Gasteiger partial charge is 1.00 e. The van der Waals surface area contributed by atoms with E-state index in [0.717, 1.165) is 0 Å². The Kier molecular flexibility index (Phi) is 5.58. The second-order valence-electron chi connectivity index (χ2n) is 1.72. The summed E-state index contributed by atoms with van der Waals surface area (Å²) in [4.78, 5) is 10.8. The zero-order chi connectivity index (χ0) is 7.56. The Bertz CT molecular complexity index is 253. The van der Waals surface area contributed by atoms with E-state index in [4.69, 9.17) is 5.11 Å². The quantitative estimate of drug-likeness (QED) is 0.574. The fourth-order valence-electron chi connectivity index (χ4n) is 0.672. The maximum absolute atomic E-state index is 10.4. The molecule has 1 rings (SSSR count). The number of hydrogen-bond acceptors (Lipinski definition) is 3. The van der Waals surface area contributed by atoms with Crippen molar-refractivity contribution in [1.82, 2.24) is 0 Å². The first-order chi connectivity index (χ1) is 4.75. The molecule has 1 aromatic heterocycles. The van der Waals surface area contributed by atoms with Crippen molar-refractivity contribution < 1.29 is 62.7 Å². The molecule has 2 N–H and O–H groups in total. The minimum atomic E-state index is -0.876. The van der Waals surface area contributed by atoms with Crippen molar-refractivity contribution in [2.45, 2.75) is 0 Å². The van der Waals surface area contributed by atoms with Gasteiger partial charge in [-0.2, -0.15) is 0 Å². The van der Waals surface area contributed by atoms with Gasteiger partial charge in [-0.05, 0) is 11.4 Å². The monoisotopic (exact) mass is 197 g/mol. The van der Waals surface area contributed by atoms with Gasteiger partial charge in [0, 0.05) is 7.05 Å². The average Bonchev–Trinajstić information content (AvgIpc) is 2.33. The van der Waals surface area contributed by atoms with E-state index in [0.29, 0.717) is 10.6 Å². The van der Waals surface area contributed by atoms with Crippen molar-refractivity contribution in [3.8, 4) is 0 Å². The minimum absolute atomic E-state index is 0. The van der Waals surface area contributed by atoms with Crippen LogP contribution in [-0.2, 0) is 0 Å². The number of carbonyl (C=O) groups is 1. The third-order valence-corrected chi connectivity index (χ3v) is 2.03. The first kappa shape index (κ1) is 11.6. The van der Waals surface area contributed by atoms with E-state index < -0.39 is 5.97 Å². The molecule has 0 spiro atoms. The van der Waals surface area contributed by atoms with Crippen molar-refractivity contribution in [1.29, 1.82) is 0 Å². The first-order valence-electron chi connectivity index (χ1n) is 2.74. The third-order valence-electron chi connectivity index (χ3n) is 1.13. The van der Waals surface area contributed by atoms with E-state index in [1.807, 2.05) is 0 Å². The van der Waals surface area contributed by atoms with Crippen LogP contribution in [0.4, 0.5) is 5.69 Å². The van der Waals surface area contributed by atoms with Gasteiger partial charge < -0.3 is 11.8 Å². The van der Waals surface area contributed by atoms with Gasteiger partial charge in [-0.15, -0.1) is 11.3 Å². The standard InChI is InChI=1S/C6H7NO2S.K.H/c1-7-4-2-3-10-5(4)6(8)9;;/h2-3,7H,1H3,(H,8,9);;/q;+1;-1. The Morgan fingerprint density at radius 2 is 2.45 bits per heavy atom. The van der Waals surface area contributed by atoms with Gasteiger partial charge in [0.05, 0.1) is 5.69 Å². The van der Waals surface area contributed by atoms with Crippen molar-refractivity contribution in [2.75, 3.05) is 12.4 Å². The fourth-order valence-corrected chi connectivity index (χ4v) is 1.41. The van der Waals surface area contributed by atoms with E-state index in [1.54, 1.807) is 18.5 Å². The molecule has 0 atom stereocenters. The summed E-state index contributed by atoms with van der Waals surface area (Å²) < 4.78 is 0. The van der Waals surface area contributed by atoms with Crippen molar-refractivity contribution >= 4 is 23.0 Å². The first-order valence-corrected chi connectivity index (χ1v) is 3.62. The SMILES string of the molecule is CNc1ccsc1C(=O)O.[H-].[K+]. The fraction of sp³-hybridized carbons (Fsp3) is 0.167. The van der Waals surface area contributed by atoms with E-state index in [-0.39, 0.29) is 52.8 Å². The van der Waals surface area contributed by atoms with Crippen LogP contribution >= 0.6 is 11.3 Å². The Morgan fingerprint density at radius 3 is 2.82 bits per heavy atom. The summed E-state index contributed by atoms with van der Waals surface area (Å²) in [6, 6.07) is 1.74. The van der Waals surface area contributed by atoms with Crippen LogP contribution in [0.2, 0.25) is 0 Å². The van der Waals surface area contributed by atoms with Gasteiger partial charge in [0.15, 0.2) is 0 Å². The smallest absolute Gasteiger partial charge is 1.00 e. The molecule has 1 aromatic rings. The molecule has 11 heavy (non-hydrogen) atoms. The molecule has 0 bridgehead atoms. The van der Waals surface area contributed by atoms with Crippen LogP contribution < -0.4 is 56.7 Å². The molecule has 56 valence electrons. The van der Waals surface area contributed by atoms with Gasteiger partial charge in [0.1, 0.15) is 4.88 Å². The molecule has 5 heteroatoms. The van der Waals surface area contributed by atoms with Gasteiger partial charge >= 0.3 is 57.4 Å². The Balaban J connectivity index is 0. The Labute approximate surface area is 113 Å². The Hall–Kier alpha value is 0.606. The molecule has 0 radical (unpaired) electrons. The molecular formula is C6H8KNO2S. The summed E-state index contributed by atoms with van der Waals surface area (Å²) in [6.07, 6.45) is 0. The second kappa shape index (κ2) is 5.29. The normalized spacial score (nSPS) is 8.45. The number of thiophene rings is 1. The topological polar surface area (TPSA) is 49.3 Å². The van der Waals surface area contributed by atoms with Crippen LogP contribution in [0, 0.1) is 0 Å². The molecule has 1 heterocycles. The van der Waals surface area contributed by atoms with Gasteiger partial charge in [0.2, 0.25) is 0 Å². The maximum Gasteiger partial charge on any atom is 1.00 e. The number of anilines is 1. The van der Waals surface area contributed by atoms with Gasteiger partial charge in [0.25, 0.3) is 0 Å². The van der Waals surface area contributed by atoms with Crippen LogP contribution in [-0.4, -0.2) is 18.1 Å². The number of hydrogen-bond donors (Lipinski definition) is 2. The second-order valence-corrected chi connectivity index (χ2v) is 2.63. The zero-order valence-corrected chi connectivity index (χ0v) is 10.4. The number of rotatable bonds is 2. The summed E-state index contributed by atoms with van der Waals surface area (Å²) in [5.74, 6) is -0.876. The molecule has 0 aliphatic heterocycles. The summed E-state index contributed by atoms with van der Waals surface area (Å²) in [6.45, 7) is 0. The van der Waals surface area contributed by atoms with Crippen LogP contribution in [0.25, 0.3) is 0 Å². The number of carboxylic acids is 1. The molecule has 0 saturated heterocycles. The molecule has 3 nitrogen and oxygen atoms in total. The van der Waals surface area contributed by atoms with Crippen LogP contribution in [0.5, 0.6) is 0 Å². The zero-order valence-electron chi connectivity index (χ0n) is 7.42. The molecular weight excluding hydrogens is 189 g/mol. The number of aromatic carboxylic acids is 1. The van der Waals surface area contributed by atoms with Crippen LogP contribution in [0.3, 0.4) is 0 Å². The molecule has 0 aliphatic rings. The molecule has 0 aliphatic carbocycles. The van der Waals surface area contributed by atoms with Crippen molar-refractivity contribution in [2.24, 2.45) is 0 Å². The van der Waals surface area contributed by atoms with Crippen LogP contribution in [0.15, 0.2) is 11.4 Å².